The van der Waals surface area contributed by atoms with Gasteiger partial charge in [0, 0.05) is 30.7 Å². The molecule has 1 rings (SSSR count). The van der Waals surface area contributed by atoms with Crippen LogP contribution in [-0.4, -0.2) is 83.4 Å². The summed E-state index contributed by atoms with van der Waals surface area (Å²) < 4.78 is 0. The van der Waals surface area contributed by atoms with Gasteiger partial charge in [0.15, 0.2) is 0 Å². The zero-order valence-corrected chi connectivity index (χ0v) is 17.3. The molecule has 1 aliphatic heterocycles. The fourth-order valence-corrected chi connectivity index (χ4v) is 3.45. The van der Waals surface area contributed by atoms with Gasteiger partial charge in [0.05, 0.1) is 13.1 Å². The highest BCUT2D eigenvalue weighted by atomic mass is 16.2. The number of carbonyl (C=O) groups excluding carboxylic acids is 2. The predicted molar refractivity (Wildman–Crippen MR) is 103 cm³/mol. The van der Waals surface area contributed by atoms with Gasteiger partial charge in [-0.2, -0.15) is 0 Å². The minimum atomic E-state index is -0.196. The van der Waals surface area contributed by atoms with E-state index in [0.29, 0.717) is 13.1 Å². The first-order valence-corrected chi connectivity index (χ1v) is 9.56. The van der Waals surface area contributed by atoms with E-state index < -0.39 is 0 Å². The van der Waals surface area contributed by atoms with Crippen molar-refractivity contribution in [3.8, 4) is 0 Å². The zero-order chi connectivity index (χ0) is 19.2. The minimum absolute atomic E-state index is 0.0721. The van der Waals surface area contributed by atoms with E-state index in [1.807, 2.05) is 25.7 Å². The number of nitrogens with one attached hydrogen (secondary N) is 1. The number of hydrogen-bond donors (Lipinski definition) is 1. The Hall–Kier alpha value is -1.14. The van der Waals surface area contributed by atoms with E-state index in [9.17, 15) is 9.59 Å². The van der Waals surface area contributed by atoms with Gasteiger partial charge in [-0.05, 0) is 68.0 Å². The van der Waals surface area contributed by atoms with Crippen LogP contribution in [-0.2, 0) is 9.59 Å². The third-order valence-electron chi connectivity index (χ3n) is 4.32. The van der Waals surface area contributed by atoms with E-state index >= 15 is 0 Å². The molecule has 1 aliphatic rings. The van der Waals surface area contributed by atoms with Crippen molar-refractivity contribution in [2.75, 3.05) is 39.3 Å². The summed E-state index contributed by atoms with van der Waals surface area (Å²) in [6.07, 6.45) is 0.986. The van der Waals surface area contributed by atoms with Gasteiger partial charge in [0.2, 0.25) is 11.8 Å². The van der Waals surface area contributed by atoms with E-state index in [0.717, 1.165) is 32.6 Å². The van der Waals surface area contributed by atoms with Crippen LogP contribution in [0, 0.1) is 0 Å². The monoisotopic (exact) mass is 354 g/mol. The second-order valence-corrected chi connectivity index (χ2v) is 8.69. The molecule has 0 unspecified atom stereocenters. The molecule has 0 radical (unpaired) electrons. The van der Waals surface area contributed by atoms with E-state index in [-0.39, 0.29) is 29.4 Å². The molecule has 1 saturated heterocycles. The zero-order valence-electron chi connectivity index (χ0n) is 17.3. The van der Waals surface area contributed by atoms with Crippen molar-refractivity contribution in [3.63, 3.8) is 0 Å². The molecule has 1 fully saturated rings. The lowest BCUT2D eigenvalue weighted by molar-refractivity contribution is -0.136. The van der Waals surface area contributed by atoms with E-state index in [1.54, 1.807) is 0 Å². The van der Waals surface area contributed by atoms with Gasteiger partial charge < -0.3 is 10.2 Å². The van der Waals surface area contributed by atoms with Gasteiger partial charge in [-0.1, -0.05) is 0 Å². The molecule has 25 heavy (non-hydrogen) atoms. The minimum Gasteiger partial charge on any atom is -0.350 e. The Balaban J connectivity index is 2.50. The Labute approximate surface area is 153 Å². The molecule has 0 spiro atoms. The molecular weight excluding hydrogens is 316 g/mol. The summed E-state index contributed by atoms with van der Waals surface area (Å²) in [5.74, 6) is 0.270. The molecule has 1 heterocycles. The third-order valence-corrected chi connectivity index (χ3v) is 4.32. The van der Waals surface area contributed by atoms with Crippen LogP contribution in [0.2, 0.25) is 0 Å². The summed E-state index contributed by atoms with van der Waals surface area (Å²) in [6, 6.07) is 0.439. The predicted octanol–water partition coefficient (Wildman–Crippen LogP) is 1.55. The van der Waals surface area contributed by atoms with Crippen molar-refractivity contribution in [2.45, 2.75) is 72.5 Å². The van der Waals surface area contributed by atoms with Gasteiger partial charge in [-0.3, -0.25) is 19.4 Å². The van der Waals surface area contributed by atoms with Gasteiger partial charge in [0.1, 0.15) is 0 Å². The fraction of sp³-hybridized carbons (Fsp3) is 0.895. The van der Waals surface area contributed by atoms with Gasteiger partial charge in [-0.15, -0.1) is 0 Å². The molecule has 1 N–H and O–H groups in total. The SMILES string of the molecule is CC(C)N(C(=O)CN1CCCN(CC(=O)NC(C)(C)C)CC1)C(C)C. The number of rotatable bonds is 6. The van der Waals surface area contributed by atoms with Crippen LogP contribution in [0.4, 0.5) is 0 Å². The molecule has 6 nitrogen and oxygen atoms in total. The topological polar surface area (TPSA) is 55.9 Å². The highest BCUT2D eigenvalue weighted by molar-refractivity contribution is 5.79. The maximum atomic E-state index is 12.6. The summed E-state index contributed by atoms with van der Waals surface area (Å²) in [5, 5.41) is 3.02. The summed E-state index contributed by atoms with van der Waals surface area (Å²) in [6.45, 7) is 18.6. The quantitative estimate of drug-likeness (QED) is 0.786. The Bertz CT molecular complexity index is 435. The molecular formula is C19H38N4O2. The Morgan fingerprint density at radius 2 is 1.40 bits per heavy atom. The molecule has 0 aromatic heterocycles. The van der Waals surface area contributed by atoms with Crippen LogP contribution in [0.5, 0.6) is 0 Å². The van der Waals surface area contributed by atoms with Crippen LogP contribution >= 0.6 is 0 Å². The fourth-order valence-electron chi connectivity index (χ4n) is 3.45. The smallest absolute Gasteiger partial charge is 0.237 e. The van der Waals surface area contributed by atoms with Crippen molar-refractivity contribution in [3.05, 3.63) is 0 Å². The molecule has 0 aromatic rings. The van der Waals surface area contributed by atoms with Crippen molar-refractivity contribution in [1.82, 2.24) is 20.0 Å². The maximum Gasteiger partial charge on any atom is 0.237 e. The van der Waals surface area contributed by atoms with Crippen molar-refractivity contribution < 1.29 is 9.59 Å². The third kappa shape index (κ3) is 8.19. The second kappa shape index (κ2) is 9.53. The lowest BCUT2D eigenvalue weighted by Gasteiger charge is -2.33. The van der Waals surface area contributed by atoms with Crippen molar-refractivity contribution >= 4 is 11.8 Å². The van der Waals surface area contributed by atoms with E-state index in [4.69, 9.17) is 0 Å². The molecule has 0 aliphatic carbocycles. The molecule has 0 atom stereocenters. The lowest BCUT2D eigenvalue weighted by Crippen LogP contribution is -2.48. The van der Waals surface area contributed by atoms with Crippen molar-refractivity contribution in [1.29, 1.82) is 0 Å². The van der Waals surface area contributed by atoms with Gasteiger partial charge in [0.25, 0.3) is 0 Å². The van der Waals surface area contributed by atoms with Crippen LogP contribution in [0.3, 0.4) is 0 Å². The first-order chi connectivity index (χ1) is 11.5. The largest absolute Gasteiger partial charge is 0.350 e. The second-order valence-electron chi connectivity index (χ2n) is 8.69. The molecule has 6 heteroatoms. The molecule has 2 amide bonds. The highest BCUT2D eigenvalue weighted by Gasteiger charge is 2.24. The van der Waals surface area contributed by atoms with Gasteiger partial charge in [-0.25, -0.2) is 0 Å². The first kappa shape index (κ1) is 21.9. The van der Waals surface area contributed by atoms with Crippen molar-refractivity contribution in [2.24, 2.45) is 0 Å². The summed E-state index contributed by atoms with van der Waals surface area (Å²) in [7, 11) is 0. The van der Waals surface area contributed by atoms with E-state index in [2.05, 4.69) is 42.8 Å². The summed E-state index contributed by atoms with van der Waals surface area (Å²) >= 11 is 0. The van der Waals surface area contributed by atoms with Crippen LogP contribution in [0.15, 0.2) is 0 Å². The highest BCUT2D eigenvalue weighted by Crippen LogP contribution is 2.09. The molecule has 0 bridgehead atoms. The van der Waals surface area contributed by atoms with Crippen LogP contribution in [0.1, 0.15) is 54.9 Å². The Morgan fingerprint density at radius 1 is 0.920 bits per heavy atom. The molecule has 0 saturated carbocycles. The number of amides is 2. The normalized spacial score (nSPS) is 17.6. The Kier molecular flexibility index (Phi) is 8.35. The maximum absolute atomic E-state index is 12.6. The average molecular weight is 355 g/mol. The standard InChI is InChI=1S/C19H38N4O2/c1-15(2)23(16(3)4)18(25)14-22-10-8-9-21(11-12-22)13-17(24)20-19(5,6)7/h15-16H,8-14H2,1-7H3,(H,20,24). The Morgan fingerprint density at radius 3 is 1.84 bits per heavy atom. The molecule has 146 valence electrons. The van der Waals surface area contributed by atoms with Crippen LogP contribution < -0.4 is 5.32 Å². The summed E-state index contributed by atoms with van der Waals surface area (Å²) in [5.41, 5.74) is -0.196. The van der Waals surface area contributed by atoms with E-state index in [1.165, 1.54) is 0 Å². The number of hydrogen-bond acceptors (Lipinski definition) is 4. The first-order valence-electron chi connectivity index (χ1n) is 9.56. The average Bonchev–Trinajstić information content (AvgIpc) is 2.61. The van der Waals surface area contributed by atoms with Crippen LogP contribution in [0.25, 0.3) is 0 Å². The molecule has 0 aromatic carbocycles. The number of carbonyl (C=O) groups is 2. The summed E-state index contributed by atoms with van der Waals surface area (Å²) in [4.78, 5) is 31.1. The van der Waals surface area contributed by atoms with Gasteiger partial charge >= 0.3 is 0 Å². The number of nitrogens with zero attached hydrogens (tertiary/aromatic N) is 3. The lowest BCUT2D eigenvalue weighted by atomic mass is 10.1.